The molecule has 9 atom stereocenters. The standard InChI is InChI=1S/C57H70N7O28P3/c58-48-14-17-63(56(74)61-48)50-29-42(68)46(90-50)32-87-94(78,79)85-24-22-82-20-21-83-23-25-86-95(80,81)92-45-30-51(91-47(45)33-88-93(76,77)84-19-5-18-65)64-31-35(54(71)62-57(64)75)7-13-49(69)59-15-3-1-2-4-16-60-53(70)34-6-10-38(55(72)73)41(26-34)52-39-11-8-36(66)27-43(39)89-44-28-37(67)9-12-40(44)52/h6-14,17,26-28,31,42,45-47,50-51,65-66,68H,1-5,15-16,18-25,29-30,32-33H2,(H,59,69)(H,60,70)(H,72,73)(H,76,77)(H,78,79)(H,80,81)(H2,58,61,74)(H,62,71,75)/b13-7+/t42-,45-,46-,47-,50-,51-/m1/s1. The molecule has 0 spiro atoms. The van der Waals surface area contributed by atoms with E-state index in [1.165, 1.54) is 60.8 Å². The number of aromatic amines is 1. The number of phenolic OH excluding ortho intramolecular Hbond substituents is 1. The fraction of sp³-hybridized carbons (Fsp3) is 0.439. The molecule has 516 valence electrons. The van der Waals surface area contributed by atoms with Crippen LogP contribution >= 0.6 is 23.5 Å². The molecule has 1 aliphatic carbocycles. The average Bonchev–Trinajstić information content (AvgIpc) is 1.46. The van der Waals surface area contributed by atoms with Crippen molar-refractivity contribution in [2.24, 2.45) is 0 Å². The molecule has 2 fully saturated rings. The van der Waals surface area contributed by atoms with E-state index in [0.29, 0.717) is 42.2 Å². The van der Waals surface area contributed by atoms with Crippen molar-refractivity contribution >= 4 is 64.1 Å². The summed E-state index contributed by atoms with van der Waals surface area (Å²) in [7, 11) is -14.5. The number of phosphoric ester groups is 3. The zero-order valence-electron chi connectivity index (χ0n) is 50.4. The predicted octanol–water partition coefficient (Wildman–Crippen LogP) is 2.90. The number of H-pyrrole nitrogens is 1. The van der Waals surface area contributed by atoms with Gasteiger partial charge in [0, 0.05) is 85.2 Å². The minimum absolute atomic E-state index is 0.0115. The number of carboxylic acid groups (broad SMARTS) is 1. The van der Waals surface area contributed by atoms with Crippen LogP contribution in [-0.4, -0.2) is 176 Å². The average molecular weight is 1390 g/mol. The smallest absolute Gasteiger partial charge is 0.472 e. The quantitative estimate of drug-likeness (QED) is 0.0116. The van der Waals surface area contributed by atoms with Gasteiger partial charge in [-0.3, -0.25) is 60.4 Å². The lowest BCUT2D eigenvalue weighted by atomic mass is 9.89. The van der Waals surface area contributed by atoms with Crippen LogP contribution in [-0.2, 0) is 64.6 Å². The lowest BCUT2D eigenvalue weighted by molar-refractivity contribution is -0.116. The first kappa shape index (κ1) is 73.3. The van der Waals surface area contributed by atoms with Gasteiger partial charge in [-0.15, -0.1) is 0 Å². The molecular formula is C57H70N7O28P3. The second-order valence-electron chi connectivity index (χ2n) is 21.2. The van der Waals surface area contributed by atoms with Gasteiger partial charge in [0.2, 0.25) is 5.91 Å². The Kier molecular flexibility index (Phi) is 26.2. The number of rotatable bonds is 37. The van der Waals surface area contributed by atoms with E-state index >= 15 is 0 Å². The first-order chi connectivity index (χ1) is 45.3. The first-order valence-electron chi connectivity index (χ1n) is 29.5. The molecule has 3 aliphatic heterocycles. The van der Waals surface area contributed by atoms with Gasteiger partial charge >= 0.3 is 40.8 Å². The number of phenols is 1. The van der Waals surface area contributed by atoms with E-state index in [-0.39, 0.29) is 116 Å². The van der Waals surface area contributed by atoms with Gasteiger partial charge in [0.25, 0.3) is 11.5 Å². The molecule has 4 aliphatic rings. The van der Waals surface area contributed by atoms with E-state index in [1.54, 1.807) is 6.07 Å². The molecule has 3 unspecified atom stereocenters. The third-order valence-corrected chi connectivity index (χ3v) is 17.4. The second kappa shape index (κ2) is 34.0. The second-order valence-corrected chi connectivity index (χ2v) is 25.5. The van der Waals surface area contributed by atoms with E-state index < -0.39 is 128 Å². The number of benzene rings is 3. The molecule has 4 aromatic rings. The lowest BCUT2D eigenvalue weighted by Gasteiger charge is -2.22. The Bertz CT molecular complexity index is 4070. The maximum Gasteiger partial charge on any atom is 0.472 e. The topological polar surface area (TPSA) is 506 Å². The number of nitrogens with one attached hydrogen (secondary N) is 3. The van der Waals surface area contributed by atoms with Gasteiger partial charge in [-0.25, -0.2) is 28.1 Å². The number of hydrogen-bond donors (Lipinski definition) is 11. The number of anilines is 1. The van der Waals surface area contributed by atoms with Gasteiger partial charge in [0.05, 0.1) is 76.7 Å². The molecule has 38 heteroatoms. The van der Waals surface area contributed by atoms with Gasteiger partial charge in [-0.05, 0) is 79.4 Å². The Labute approximate surface area is 538 Å². The number of fused-ring (bicyclic) bond motifs is 2. The van der Waals surface area contributed by atoms with E-state index in [0.717, 1.165) is 27.5 Å². The number of carboxylic acids is 1. The molecular weight excluding hydrogens is 1320 g/mol. The molecule has 12 N–H and O–H groups in total. The highest BCUT2D eigenvalue weighted by molar-refractivity contribution is 7.48. The van der Waals surface area contributed by atoms with Crippen LogP contribution in [0.4, 0.5) is 5.82 Å². The van der Waals surface area contributed by atoms with Crippen molar-refractivity contribution in [3.8, 4) is 28.2 Å². The van der Waals surface area contributed by atoms with E-state index in [9.17, 15) is 77.3 Å². The third-order valence-electron chi connectivity index (χ3n) is 14.4. The molecule has 95 heavy (non-hydrogen) atoms. The van der Waals surface area contributed by atoms with Gasteiger partial charge in [-0.2, -0.15) is 4.98 Å². The number of aromatic hydroxyl groups is 1. The monoisotopic (exact) mass is 1390 g/mol. The number of unbranched alkanes of at least 4 members (excludes halogenated alkanes) is 3. The maximum atomic E-state index is 13.4. The number of aromatic nitrogens is 4. The van der Waals surface area contributed by atoms with E-state index in [2.05, 4.69) is 20.6 Å². The van der Waals surface area contributed by atoms with Crippen LogP contribution in [0.3, 0.4) is 0 Å². The summed E-state index contributed by atoms with van der Waals surface area (Å²) < 4.78 is 98.3. The molecule has 0 saturated carbocycles. The van der Waals surface area contributed by atoms with Crippen molar-refractivity contribution in [3.63, 3.8) is 0 Å². The number of phosphoric acid groups is 3. The molecule has 0 radical (unpaired) electrons. The van der Waals surface area contributed by atoms with Crippen LogP contribution in [0.25, 0.3) is 39.5 Å². The number of aliphatic hydroxyl groups excluding tert-OH is 2. The molecule has 8 rings (SSSR count). The molecule has 0 bridgehead atoms. The third kappa shape index (κ3) is 21.3. The van der Waals surface area contributed by atoms with E-state index in [4.69, 9.17) is 61.3 Å². The summed E-state index contributed by atoms with van der Waals surface area (Å²) in [6.07, 6.45) is -1.16. The maximum absolute atomic E-state index is 13.4. The number of carbonyl (C=O) groups excluding carboxylic acids is 2. The molecule has 2 amide bonds. The highest BCUT2D eigenvalue weighted by atomic mass is 31.2. The number of aliphatic hydroxyl groups is 2. The molecule has 2 saturated heterocycles. The van der Waals surface area contributed by atoms with Crippen LogP contribution in [0.2, 0.25) is 0 Å². The van der Waals surface area contributed by atoms with Gasteiger partial charge in [0.1, 0.15) is 53.7 Å². The van der Waals surface area contributed by atoms with E-state index in [1.807, 2.05) is 0 Å². The zero-order valence-corrected chi connectivity index (χ0v) is 53.1. The van der Waals surface area contributed by atoms with Gasteiger partial charge in [-0.1, -0.05) is 12.8 Å². The summed E-state index contributed by atoms with van der Waals surface area (Å²) >= 11 is 0. The summed E-state index contributed by atoms with van der Waals surface area (Å²) in [6, 6.07) is 13.8. The van der Waals surface area contributed by atoms with Crippen molar-refractivity contribution in [1.82, 2.24) is 29.7 Å². The number of aromatic carboxylic acids is 1. The van der Waals surface area contributed by atoms with Gasteiger partial charge in [0.15, 0.2) is 5.43 Å². The highest BCUT2D eigenvalue weighted by Crippen LogP contribution is 2.50. The summed E-state index contributed by atoms with van der Waals surface area (Å²) in [5, 5.41) is 45.7. The molecule has 2 aromatic heterocycles. The van der Waals surface area contributed by atoms with Crippen molar-refractivity contribution in [1.29, 1.82) is 0 Å². The summed E-state index contributed by atoms with van der Waals surface area (Å²) in [4.78, 5) is 126. The lowest BCUT2D eigenvalue weighted by Crippen LogP contribution is -2.33. The van der Waals surface area contributed by atoms with Crippen LogP contribution in [0.1, 0.15) is 83.7 Å². The van der Waals surface area contributed by atoms with Crippen molar-refractivity contribution in [3.05, 3.63) is 137 Å². The Balaban J connectivity index is 0.754. The normalized spacial score (nSPS) is 20.0. The van der Waals surface area contributed by atoms with Crippen molar-refractivity contribution in [2.45, 2.75) is 81.8 Å². The van der Waals surface area contributed by atoms with Crippen LogP contribution in [0.5, 0.6) is 5.75 Å². The number of nitrogens with two attached hydrogens (primary N) is 1. The zero-order chi connectivity index (χ0) is 68.5. The van der Waals surface area contributed by atoms with Crippen molar-refractivity contribution < 1.29 is 114 Å². The Morgan fingerprint density at radius 1 is 0.726 bits per heavy atom. The largest absolute Gasteiger partial charge is 0.508 e. The van der Waals surface area contributed by atoms with Crippen LogP contribution in [0.15, 0.2) is 103 Å². The minimum Gasteiger partial charge on any atom is -0.508 e. The Morgan fingerprint density at radius 3 is 2.07 bits per heavy atom. The number of nitrogen functional groups attached to an aromatic ring is 1. The first-order valence-corrected chi connectivity index (χ1v) is 33.9. The highest BCUT2D eigenvalue weighted by Gasteiger charge is 2.44. The predicted molar refractivity (Wildman–Crippen MR) is 331 cm³/mol. The van der Waals surface area contributed by atoms with Crippen LogP contribution in [0, 0.1) is 0 Å². The number of ether oxygens (including phenoxy) is 4. The van der Waals surface area contributed by atoms with Gasteiger partial charge < -0.3 is 74.8 Å². The number of amides is 2. The summed E-state index contributed by atoms with van der Waals surface area (Å²) in [5.74, 6) is -2.34. The fourth-order valence-electron chi connectivity index (χ4n) is 9.82. The Morgan fingerprint density at radius 2 is 1.38 bits per heavy atom. The molecule has 35 nitrogen and oxygen atoms in total. The Hall–Kier alpha value is -7.47. The minimum atomic E-state index is -5.02. The van der Waals surface area contributed by atoms with Crippen LogP contribution < -0.4 is 38.7 Å². The summed E-state index contributed by atoms with van der Waals surface area (Å²) in [5.41, 5.74) is 3.50. The fourth-order valence-corrected chi connectivity index (χ4v) is 12.2. The molecule has 2 aromatic carbocycles. The van der Waals surface area contributed by atoms with Crippen molar-refractivity contribution in [2.75, 3.05) is 84.9 Å². The number of hydrogen-bond acceptors (Lipinski definition) is 26. The number of nitrogens with zero attached hydrogens (tertiary/aromatic N) is 3. The summed E-state index contributed by atoms with van der Waals surface area (Å²) in [6.45, 7) is -3.30. The number of carbonyl (C=O) groups is 3. The molecule has 5 heterocycles. The SMILES string of the molecule is Nc1ccn([C@H]2C[C@@H](O)[C@@H](COP(=O)(O)OCCOCCOCCOP(=O)(O)O[C@@H]3C[C@H](n4cc(/C=C/C(=O)NCCCCCCNC(=O)c5ccc(C(=O)O)c(-c6c7ccc(=O)cc-7oc7cc(O)ccc67)c5)c(=O)[nH]c4=O)O[C@@H]3COP(=O)(O)OCCCO)O2)c(=O)n1.